The number of likely N-dealkylation sites (tertiary alicyclic amines) is 1. The summed E-state index contributed by atoms with van der Waals surface area (Å²) in [5.74, 6) is -0.127. The summed E-state index contributed by atoms with van der Waals surface area (Å²) in [5.41, 5.74) is 6.08. The molecule has 5 aromatic carbocycles. The average Bonchev–Trinajstić information content (AvgIpc) is 3.29. The second kappa shape index (κ2) is 20.2. The van der Waals surface area contributed by atoms with Crippen molar-refractivity contribution in [3.05, 3.63) is 154 Å². The molecule has 3 amide bonds. The molecule has 0 unspecified atom stereocenters. The zero-order valence-electron chi connectivity index (χ0n) is 35.1. The number of para-hydroxylation sites is 1. The fourth-order valence-corrected chi connectivity index (χ4v) is 8.00. The lowest BCUT2D eigenvalue weighted by atomic mass is 9.92. The summed E-state index contributed by atoms with van der Waals surface area (Å²) in [6, 6.07) is 38.4. The lowest BCUT2D eigenvalue weighted by Crippen LogP contribution is -2.40. The Morgan fingerprint density at radius 3 is 2.37 bits per heavy atom. The Kier molecular flexibility index (Phi) is 14.1. The molecule has 12 heteroatoms. The molecular weight excluding hydrogens is 783 g/mol. The van der Waals surface area contributed by atoms with Gasteiger partial charge in [-0.15, -0.1) is 0 Å². The maximum atomic E-state index is 13.3. The molecule has 0 radical (unpaired) electrons. The van der Waals surface area contributed by atoms with Gasteiger partial charge in [0.1, 0.15) is 11.9 Å². The van der Waals surface area contributed by atoms with E-state index < -0.39 is 12.2 Å². The van der Waals surface area contributed by atoms with Crippen molar-refractivity contribution in [3.8, 4) is 16.9 Å². The number of aromatic amines is 1. The van der Waals surface area contributed by atoms with Crippen LogP contribution in [0.25, 0.3) is 22.0 Å². The van der Waals surface area contributed by atoms with E-state index in [9.17, 15) is 29.4 Å². The van der Waals surface area contributed by atoms with Crippen molar-refractivity contribution in [2.75, 3.05) is 42.2 Å². The molecule has 62 heavy (non-hydrogen) atoms. The van der Waals surface area contributed by atoms with Gasteiger partial charge in [-0.05, 0) is 103 Å². The van der Waals surface area contributed by atoms with Gasteiger partial charge in [0.25, 0.3) is 5.91 Å². The van der Waals surface area contributed by atoms with E-state index in [4.69, 9.17) is 4.74 Å². The number of phenolic OH excluding ortho intramolecular Hbond substituents is 1. The summed E-state index contributed by atoms with van der Waals surface area (Å²) < 4.78 is 5.78. The Balaban J connectivity index is 0.827. The predicted molar refractivity (Wildman–Crippen MR) is 244 cm³/mol. The third-order valence-corrected chi connectivity index (χ3v) is 11.6. The van der Waals surface area contributed by atoms with E-state index in [-0.39, 0.29) is 35.1 Å². The molecule has 1 aliphatic heterocycles. The van der Waals surface area contributed by atoms with Gasteiger partial charge in [-0.3, -0.25) is 19.7 Å². The molecule has 0 saturated carbocycles. The normalized spacial score (nSPS) is 14.2. The molecule has 2 heterocycles. The van der Waals surface area contributed by atoms with Gasteiger partial charge in [-0.25, -0.2) is 4.79 Å². The highest BCUT2D eigenvalue weighted by Crippen LogP contribution is 2.32. The lowest BCUT2D eigenvalue weighted by Gasteiger charge is -2.31. The highest BCUT2D eigenvalue weighted by molar-refractivity contribution is 6.05. The number of anilines is 3. The number of nitrogens with one attached hydrogen (secondary N) is 3. The van der Waals surface area contributed by atoms with Gasteiger partial charge >= 0.3 is 6.09 Å². The molecule has 12 nitrogen and oxygen atoms in total. The van der Waals surface area contributed by atoms with Crippen LogP contribution in [0.5, 0.6) is 5.75 Å². The number of carbonyl (C=O) groups is 3. The van der Waals surface area contributed by atoms with Gasteiger partial charge in [-0.2, -0.15) is 0 Å². The molecule has 0 spiro atoms. The molecule has 1 aromatic heterocycles. The molecule has 0 bridgehead atoms. The number of fused-ring (bicyclic) bond motifs is 1. The average molecular weight is 836 g/mol. The number of amides is 3. The minimum atomic E-state index is -0.755. The molecule has 5 N–H and O–H groups in total. The molecule has 6 aromatic rings. The number of rotatable bonds is 15. The minimum absolute atomic E-state index is 0.0372. The quantitative estimate of drug-likeness (QED) is 0.0685. The highest BCUT2D eigenvalue weighted by Gasteiger charge is 2.24. The second-order valence-electron chi connectivity index (χ2n) is 16.1. The van der Waals surface area contributed by atoms with Crippen LogP contribution in [-0.2, 0) is 16.0 Å². The fourth-order valence-electron chi connectivity index (χ4n) is 8.00. The van der Waals surface area contributed by atoms with E-state index in [1.54, 1.807) is 42.3 Å². The maximum Gasteiger partial charge on any atom is 0.411 e. The van der Waals surface area contributed by atoms with Crippen molar-refractivity contribution < 1.29 is 29.3 Å². The van der Waals surface area contributed by atoms with E-state index in [2.05, 4.69) is 27.4 Å². The standard InChI is InChI=1S/C50H53N5O7/c1-33(15-22-44(56)41-20-23-45(57)48-42(41)21-24-46(58)53-48)31-34-16-18-37(19-17-34)51-49(60)36-11-8-12-38(32-36)54(2)47(59)27-30-55-28-25-39(26-29-55)62-50(61)52-43-14-7-6-13-40(43)35-9-4-3-5-10-35/h3-14,16-21,23-24,32-33,39,44,56-57H,15,22,25-31H2,1-2H3,(H,51,60)(H,52,61)(H,53,58)/t33-,44+/m1/s1. The summed E-state index contributed by atoms with van der Waals surface area (Å²) in [6.07, 6.45) is 2.26. The largest absolute Gasteiger partial charge is 0.506 e. The van der Waals surface area contributed by atoms with E-state index in [1.165, 1.54) is 12.1 Å². The van der Waals surface area contributed by atoms with Gasteiger partial charge in [0, 0.05) is 67.1 Å². The zero-order valence-corrected chi connectivity index (χ0v) is 35.1. The fraction of sp³-hybridized carbons (Fsp3) is 0.280. The topological polar surface area (TPSA) is 164 Å². The van der Waals surface area contributed by atoms with Gasteiger partial charge in [0.05, 0.1) is 17.3 Å². The highest BCUT2D eigenvalue weighted by atomic mass is 16.6. The molecule has 0 aliphatic carbocycles. The summed E-state index contributed by atoms with van der Waals surface area (Å²) in [5, 5.41) is 27.7. The third kappa shape index (κ3) is 11.1. The zero-order chi connectivity index (χ0) is 43.6. The number of benzene rings is 5. The van der Waals surface area contributed by atoms with Crippen LogP contribution in [0.1, 0.15) is 66.6 Å². The second-order valence-corrected chi connectivity index (χ2v) is 16.1. The first-order valence-corrected chi connectivity index (χ1v) is 21.1. The first kappa shape index (κ1) is 43.3. The third-order valence-electron chi connectivity index (χ3n) is 11.6. The Bertz CT molecular complexity index is 2550. The van der Waals surface area contributed by atoms with Gasteiger partial charge in [0.15, 0.2) is 0 Å². The first-order valence-electron chi connectivity index (χ1n) is 21.1. The van der Waals surface area contributed by atoms with Crippen LogP contribution in [0.15, 0.2) is 132 Å². The number of nitrogens with zero attached hydrogens (tertiary/aromatic N) is 2. The van der Waals surface area contributed by atoms with E-state index >= 15 is 0 Å². The number of ether oxygens (including phenoxy) is 1. The van der Waals surface area contributed by atoms with Crippen LogP contribution in [0.2, 0.25) is 0 Å². The van der Waals surface area contributed by atoms with Crippen LogP contribution >= 0.6 is 0 Å². The number of carbonyl (C=O) groups excluding carboxylic acids is 3. The number of piperidine rings is 1. The Hall–Kier alpha value is -6.76. The molecule has 1 fully saturated rings. The molecule has 7 rings (SSSR count). The van der Waals surface area contributed by atoms with Crippen LogP contribution in [-0.4, -0.2) is 70.8 Å². The maximum absolute atomic E-state index is 13.3. The number of pyridine rings is 1. The summed E-state index contributed by atoms with van der Waals surface area (Å²) in [6.45, 7) is 4.12. The van der Waals surface area contributed by atoms with E-state index in [1.807, 2.05) is 84.9 Å². The van der Waals surface area contributed by atoms with Gasteiger partial charge < -0.3 is 35.1 Å². The number of aromatic nitrogens is 1. The molecular formula is C50H53N5O7. The number of hydrogen-bond donors (Lipinski definition) is 5. The summed E-state index contributed by atoms with van der Waals surface area (Å²) in [7, 11) is 1.72. The van der Waals surface area contributed by atoms with Gasteiger partial charge in [0.2, 0.25) is 11.5 Å². The van der Waals surface area contributed by atoms with E-state index in [0.717, 1.165) is 29.5 Å². The van der Waals surface area contributed by atoms with Crippen molar-refractivity contribution in [1.82, 2.24) is 9.88 Å². The monoisotopic (exact) mass is 835 g/mol. The Morgan fingerprint density at radius 1 is 0.855 bits per heavy atom. The number of hydrogen-bond acceptors (Lipinski definition) is 8. The van der Waals surface area contributed by atoms with Crippen LogP contribution in [0.4, 0.5) is 21.9 Å². The number of aliphatic hydroxyl groups excluding tert-OH is 1. The lowest BCUT2D eigenvalue weighted by molar-refractivity contribution is -0.118. The molecule has 2 atom stereocenters. The molecule has 1 saturated heterocycles. The van der Waals surface area contributed by atoms with Crippen molar-refractivity contribution in [3.63, 3.8) is 0 Å². The Morgan fingerprint density at radius 2 is 1.60 bits per heavy atom. The number of H-pyrrole nitrogens is 1. The minimum Gasteiger partial charge on any atom is -0.506 e. The van der Waals surface area contributed by atoms with Crippen LogP contribution in [0.3, 0.4) is 0 Å². The summed E-state index contributed by atoms with van der Waals surface area (Å²) in [4.78, 5) is 57.6. The van der Waals surface area contributed by atoms with E-state index in [0.29, 0.717) is 84.4 Å². The first-order chi connectivity index (χ1) is 30.0. The number of aromatic hydroxyl groups is 1. The number of aliphatic hydroxyl groups is 1. The Labute approximate surface area is 361 Å². The predicted octanol–water partition coefficient (Wildman–Crippen LogP) is 8.91. The smallest absolute Gasteiger partial charge is 0.411 e. The van der Waals surface area contributed by atoms with Crippen LogP contribution in [0, 0.1) is 5.92 Å². The summed E-state index contributed by atoms with van der Waals surface area (Å²) >= 11 is 0. The molecule has 320 valence electrons. The van der Waals surface area contributed by atoms with Crippen molar-refractivity contribution in [1.29, 1.82) is 0 Å². The van der Waals surface area contributed by atoms with Crippen molar-refractivity contribution >= 4 is 45.9 Å². The molecule has 1 aliphatic rings. The van der Waals surface area contributed by atoms with Gasteiger partial charge in [-0.1, -0.05) is 79.7 Å². The van der Waals surface area contributed by atoms with Crippen LogP contribution < -0.4 is 21.1 Å². The SMILES string of the molecule is C[C@H](CC[C@H](O)c1ccc(O)c2[nH]c(=O)ccc12)Cc1ccc(NC(=O)c2cccc(N(C)C(=O)CCN3CCC(OC(=O)Nc4ccccc4-c4ccccc4)CC3)c2)cc1. The number of phenols is 1. The van der Waals surface area contributed by atoms with Crippen molar-refractivity contribution in [2.24, 2.45) is 5.92 Å². The van der Waals surface area contributed by atoms with Crippen molar-refractivity contribution in [2.45, 2.75) is 57.7 Å².